The molecule has 4 heteroatoms. The van der Waals surface area contributed by atoms with Crippen LogP contribution < -0.4 is 4.74 Å². The fraction of sp³-hybridized carbons (Fsp3) is 0. The third kappa shape index (κ3) is 1.10. The summed E-state index contributed by atoms with van der Waals surface area (Å²) in [4.78, 5) is 11.7. The third-order valence-electron chi connectivity index (χ3n) is 1.22. The first-order valence-electron chi connectivity index (χ1n) is 3.13. The lowest BCUT2D eigenvalue weighted by Gasteiger charge is -1.98. The molecule has 0 N–H and O–H groups in total. The summed E-state index contributed by atoms with van der Waals surface area (Å²) in [6.45, 7) is 0. The predicted molar refractivity (Wildman–Crippen MR) is 40.0 cm³/mol. The molecule has 0 atom stereocenters. The van der Waals surface area contributed by atoms with E-state index >= 15 is 0 Å². The van der Waals surface area contributed by atoms with E-state index in [1.54, 1.807) is 24.7 Å². The molecule has 2 rings (SSSR count). The lowest BCUT2D eigenvalue weighted by molar-refractivity contribution is 0.480. The van der Waals surface area contributed by atoms with Gasteiger partial charge in [-0.1, -0.05) is 0 Å². The Morgan fingerprint density at radius 1 is 1.36 bits per heavy atom. The van der Waals surface area contributed by atoms with Crippen molar-refractivity contribution in [3.8, 4) is 5.75 Å². The van der Waals surface area contributed by atoms with E-state index in [1.807, 2.05) is 0 Å². The van der Waals surface area contributed by atoms with Gasteiger partial charge in [-0.2, -0.15) is 0 Å². The summed E-state index contributed by atoms with van der Waals surface area (Å²) in [5.41, 5.74) is 0. The molecular weight excluding hydrogens is 142 g/mol. The second kappa shape index (κ2) is 2.49. The number of nitrogens with zero attached hydrogens (tertiary/aromatic N) is 3. The summed E-state index contributed by atoms with van der Waals surface area (Å²) in [6.07, 6.45) is 7.87. The summed E-state index contributed by atoms with van der Waals surface area (Å²) in [7, 11) is 0. The molecule has 0 spiro atoms. The Balaban J connectivity index is 2.52. The lowest BCUT2D eigenvalue weighted by atomic mass is 10.5. The molecule has 2 heterocycles. The largest absolute Gasteiger partial charge is 0.459 e. The summed E-state index contributed by atoms with van der Waals surface area (Å²) in [6, 6.07) is 0. The quantitative estimate of drug-likeness (QED) is 0.551. The Morgan fingerprint density at radius 2 is 2.36 bits per heavy atom. The van der Waals surface area contributed by atoms with Crippen molar-refractivity contribution in [2.45, 2.75) is 0 Å². The molecule has 0 aromatic carbocycles. The molecule has 4 nitrogen and oxygen atoms in total. The number of hydrogen-bond donors (Lipinski definition) is 0. The topological polar surface area (TPSA) is 47.4 Å². The minimum atomic E-state index is 0.560. The van der Waals surface area contributed by atoms with E-state index in [0.717, 1.165) is 0 Å². The molecule has 11 heavy (non-hydrogen) atoms. The van der Waals surface area contributed by atoms with Crippen LogP contribution in [0.15, 0.2) is 29.9 Å². The molecule has 0 fully saturated rings. The molecule has 0 saturated carbocycles. The van der Waals surface area contributed by atoms with E-state index in [0.29, 0.717) is 11.6 Å². The minimum Gasteiger partial charge on any atom is -0.459 e. The van der Waals surface area contributed by atoms with Gasteiger partial charge in [0, 0.05) is 6.21 Å². The van der Waals surface area contributed by atoms with E-state index in [1.165, 1.54) is 6.33 Å². The van der Waals surface area contributed by atoms with Gasteiger partial charge in [0.2, 0.25) is 0 Å². The van der Waals surface area contributed by atoms with Gasteiger partial charge in [-0.05, 0) is 6.08 Å². The molecule has 54 valence electrons. The molecule has 0 unspecified atom stereocenters. The second-order valence-corrected chi connectivity index (χ2v) is 1.94. The Kier molecular flexibility index (Phi) is 1.37. The first kappa shape index (κ1) is 6.03. The van der Waals surface area contributed by atoms with E-state index in [9.17, 15) is 0 Å². The monoisotopic (exact) mass is 147 g/mol. The maximum absolute atomic E-state index is 5.12. The fourth-order valence-corrected chi connectivity index (χ4v) is 0.752. The predicted octanol–water partition coefficient (Wildman–Crippen LogP) is 1.08. The van der Waals surface area contributed by atoms with Crippen LogP contribution in [0.4, 0.5) is 5.82 Å². The van der Waals surface area contributed by atoms with Gasteiger partial charge in [0.15, 0.2) is 11.6 Å². The van der Waals surface area contributed by atoms with Gasteiger partial charge in [-0.3, -0.25) is 0 Å². The first-order valence-corrected chi connectivity index (χ1v) is 3.13. The molecule has 0 aliphatic carbocycles. The average Bonchev–Trinajstić information content (AvgIpc) is 2.28. The van der Waals surface area contributed by atoms with E-state index in [2.05, 4.69) is 15.0 Å². The van der Waals surface area contributed by atoms with Gasteiger partial charge in [0.05, 0.1) is 12.5 Å². The number of fused-ring (bicyclic) bond motifs is 1. The number of rotatable bonds is 0. The molecule has 0 saturated heterocycles. The van der Waals surface area contributed by atoms with E-state index in [-0.39, 0.29) is 0 Å². The van der Waals surface area contributed by atoms with Gasteiger partial charge in [0.1, 0.15) is 6.33 Å². The summed E-state index contributed by atoms with van der Waals surface area (Å²) < 4.78 is 5.12. The standard InChI is InChI=1S/C7H5N3O/c1-2-9-7-6(11-3-1)4-8-5-10-7/h1-5H. The van der Waals surface area contributed by atoms with Gasteiger partial charge in [-0.25, -0.2) is 15.0 Å². The van der Waals surface area contributed by atoms with Crippen molar-refractivity contribution in [3.05, 3.63) is 24.9 Å². The maximum atomic E-state index is 5.12. The third-order valence-corrected chi connectivity index (χ3v) is 1.22. The van der Waals surface area contributed by atoms with Crippen LogP contribution in [0.3, 0.4) is 0 Å². The van der Waals surface area contributed by atoms with Crippen LogP contribution in [0.1, 0.15) is 0 Å². The SMILES string of the molecule is C1=COc2cncnc2N=C1. The van der Waals surface area contributed by atoms with Crippen LogP contribution in [0.2, 0.25) is 0 Å². The number of aromatic nitrogens is 2. The zero-order valence-electron chi connectivity index (χ0n) is 5.64. The highest BCUT2D eigenvalue weighted by Gasteiger charge is 2.02. The first-order chi connectivity index (χ1) is 5.47. The number of hydrogen-bond acceptors (Lipinski definition) is 4. The highest BCUT2D eigenvalue weighted by Crippen LogP contribution is 2.23. The van der Waals surface area contributed by atoms with Gasteiger partial charge in [0.25, 0.3) is 0 Å². The van der Waals surface area contributed by atoms with Gasteiger partial charge in [-0.15, -0.1) is 0 Å². The van der Waals surface area contributed by atoms with Crippen LogP contribution in [-0.4, -0.2) is 16.2 Å². The van der Waals surface area contributed by atoms with Crippen LogP contribution in [0, 0.1) is 0 Å². The average molecular weight is 147 g/mol. The highest BCUT2D eigenvalue weighted by atomic mass is 16.5. The van der Waals surface area contributed by atoms with E-state index < -0.39 is 0 Å². The minimum absolute atomic E-state index is 0.560. The van der Waals surface area contributed by atoms with Crippen LogP contribution in [-0.2, 0) is 0 Å². The smallest absolute Gasteiger partial charge is 0.198 e. The van der Waals surface area contributed by atoms with Crippen molar-refractivity contribution in [1.29, 1.82) is 0 Å². The highest BCUT2D eigenvalue weighted by molar-refractivity contribution is 5.75. The van der Waals surface area contributed by atoms with Gasteiger partial charge < -0.3 is 4.74 Å². The van der Waals surface area contributed by atoms with Crippen LogP contribution in [0.25, 0.3) is 0 Å². The fourth-order valence-electron chi connectivity index (χ4n) is 0.752. The van der Waals surface area contributed by atoms with Gasteiger partial charge >= 0.3 is 0 Å². The molecule has 0 bridgehead atoms. The lowest BCUT2D eigenvalue weighted by Crippen LogP contribution is -1.84. The van der Waals surface area contributed by atoms with Crippen molar-refractivity contribution < 1.29 is 4.74 Å². The molecule has 1 aromatic rings. The zero-order chi connectivity index (χ0) is 7.52. The van der Waals surface area contributed by atoms with E-state index in [4.69, 9.17) is 4.74 Å². The second-order valence-electron chi connectivity index (χ2n) is 1.94. The molecule has 0 radical (unpaired) electrons. The van der Waals surface area contributed by atoms with Crippen molar-refractivity contribution in [2.24, 2.45) is 4.99 Å². The molecule has 1 aliphatic rings. The van der Waals surface area contributed by atoms with Crippen molar-refractivity contribution in [3.63, 3.8) is 0 Å². The summed E-state index contributed by atoms with van der Waals surface area (Å²) in [5, 5.41) is 0. The number of allylic oxidation sites excluding steroid dienone is 1. The number of ether oxygens (including phenoxy) is 1. The Hall–Kier alpha value is -1.71. The molecule has 0 amide bonds. The summed E-state index contributed by atoms with van der Waals surface area (Å²) >= 11 is 0. The Bertz CT molecular complexity index is 319. The number of aliphatic imine (C=N–C) groups is 1. The van der Waals surface area contributed by atoms with Crippen molar-refractivity contribution >= 4 is 12.0 Å². The molecule has 1 aromatic heterocycles. The normalized spacial score (nSPS) is 13.5. The van der Waals surface area contributed by atoms with Crippen LogP contribution in [0.5, 0.6) is 5.75 Å². The van der Waals surface area contributed by atoms with Crippen molar-refractivity contribution in [2.75, 3.05) is 0 Å². The maximum Gasteiger partial charge on any atom is 0.198 e. The molecule has 1 aliphatic heterocycles. The Morgan fingerprint density at radius 3 is 3.36 bits per heavy atom. The molecular formula is C7H5N3O. The summed E-state index contributed by atoms with van der Waals surface area (Å²) in [5.74, 6) is 1.14. The zero-order valence-corrected chi connectivity index (χ0v) is 5.64. The van der Waals surface area contributed by atoms with Crippen molar-refractivity contribution in [1.82, 2.24) is 9.97 Å². The van der Waals surface area contributed by atoms with Crippen LogP contribution >= 0.6 is 0 Å². The Labute approximate surface area is 63.3 Å².